The van der Waals surface area contributed by atoms with E-state index in [1.807, 2.05) is 0 Å². The molecule has 0 aromatic heterocycles. The lowest BCUT2D eigenvalue weighted by Gasteiger charge is -2.05. The van der Waals surface area contributed by atoms with Crippen LogP contribution in [-0.2, 0) is 0 Å². The van der Waals surface area contributed by atoms with Crippen LogP contribution in [-0.4, -0.2) is 5.11 Å². The lowest BCUT2D eigenvalue weighted by atomic mass is 10.1. The topological polar surface area (TPSA) is 20.2 Å². The summed E-state index contributed by atoms with van der Waals surface area (Å²) < 4.78 is 24.7. The first-order chi connectivity index (χ1) is 5.52. The zero-order valence-electron chi connectivity index (χ0n) is 6.31. The lowest BCUT2D eigenvalue weighted by molar-refractivity contribution is 0.150. The Morgan fingerprint density at radius 3 is 2.50 bits per heavy atom. The lowest BCUT2D eigenvalue weighted by Crippen LogP contribution is -1.87. The van der Waals surface area contributed by atoms with E-state index in [2.05, 4.69) is 15.9 Å². The summed E-state index contributed by atoms with van der Waals surface area (Å²) in [6, 6.07) is 2.54. The second-order valence-electron chi connectivity index (χ2n) is 2.46. The van der Waals surface area contributed by atoms with Gasteiger partial charge in [-0.3, -0.25) is 0 Å². The molecule has 1 rings (SSSR count). The van der Waals surface area contributed by atoms with Gasteiger partial charge < -0.3 is 5.11 Å². The highest BCUT2D eigenvalue weighted by Gasteiger charge is 2.13. The van der Waals surface area contributed by atoms with E-state index in [0.29, 0.717) is 10.0 Å². The van der Waals surface area contributed by atoms with Crippen LogP contribution < -0.4 is 0 Å². The molecule has 0 saturated carbocycles. The molecule has 66 valence electrons. The molecule has 0 saturated heterocycles. The van der Waals surface area contributed by atoms with E-state index in [1.165, 1.54) is 6.07 Å². The van der Waals surface area contributed by atoms with Gasteiger partial charge in [-0.2, -0.15) is 0 Å². The predicted molar refractivity (Wildman–Crippen MR) is 45.5 cm³/mol. The summed E-state index contributed by atoms with van der Waals surface area (Å²) in [5, 5.41) is 9.12. The van der Waals surface area contributed by atoms with E-state index in [-0.39, 0.29) is 11.3 Å². The minimum atomic E-state index is -2.56. The second-order valence-corrected chi connectivity index (χ2v) is 3.32. The van der Waals surface area contributed by atoms with E-state index < -0.39 is 6.43 Å². The summed E-state index contributed by atoms with van der Waals surface area (Å²) in [6.45, 7) is 1.65. The van der Waals surface area contributed by atoms with E-state index >= 15 is 0 Å². The summed E-state index contributed by atoms with van der Waals surface area (Å²) >= 11 is 2.99. The van der Waals surface area contributed by atoms with E-state index in [9.17, 15) is 8.78 Å². The smallest absolute Gasteiger partial charge is 0.265 e. The van der Waals surface area contributed by atoms with Crippen LogP contribution in [0.25, 0.3) is 0 Å². The van der Waals surface area contributed by atoms with E-state index in [1.54, 1.807) is 6.92 Å². The number of hydrogen-bond donors (Lipinski definition) is 1. The first-order valence-corrected chi connectivity index (χ1v) is 4.09. The summed E-state index contributed by atoms with van der Waals surface area (Å²) in [5.41, 5.74) is 0.393. The Bertz CT molecular complexity index is 299. The Hall–Kier alpha value is -0.640. The fourth-order valence-electron chi connectivity index (χ4n) is 0.845. The second kappa shape index (κ2) is 3.39. The number of phenols is 1. The predicted octanol–water partition coefficient (Wildman–Crippen LogP) is 3.40. The van der Waals surface area contributed by atoms with Gasteiger partial charge in [-0.05, 0) is 24.6 Å². The normalized spacial score (nSPS) is 10.8. The molecule has 0 aliphatic rings. The largest absolute Gasteiger partial charge is 0.508 e. The molecule has 4 heteroatoms. The standard InChI is InChI=1S/C8H7BrF2O/c1-4-2-6(9)5(8(10)11)3-7(4)12/h2-3,8,12H,1H3. The van der Waals surface area contributed by atoms with Crippen LogP contribution in [0, 0.1) is 6.92 Å². The summed E-state index contributed by atoms with van der Waals surface area (Å²) in [4.78, 5) is 0. The number of aromatic hydroxyl groups is 1. The van der Waals surface area contributed by atoms with Gasteiger partial charge in [-0.25, -0.2) is 8.78 Å². The molecule has 0 unspecified atom stereocenters. The Balaban J connectivity index is 3.23. The van der Waals surface area contributed by atoms with Crippen molar-refractivity contribution in [3.05, 3.63) is 27.7 Å². The van der Waals surface area contributed by atoms with Crippen molar-refractivity contribution < 1.29 is 13.9 Å². The van der Waals surface area contributed by atoms with Crippen LogP contribution in [0.4, 0.5) is 8.78 Å². The Kier molecular flexibility index (Phi) is 2.67. The molecule has 0 heterocycles. The Morgan fingerprint density at radius 2 is 2.00 bits per heavy atom. The third kappa shape index (κ3) is 1.75. The van der Waals surface area contributed by atoms with Gasteiger partial charge in [0.2, 0.25) is 0 Å². The third-order valence-electron chi connectivity index (χ3n) is 1.55. The van der Waals surface area contributed by atoms with Crippen molar-refractivity contribution in [3.63, 3.8) is 0 Å². The van der Waals surface area contributed by atoms with Crippen LogP contribution in [0.2, 0.25) is 0 Å². The molecule has 0 spiro atoms. The average molecular weight is 237 g/mol. The van der Waals surface area contributed by atoms with E-state index in [0.717, 1.165) is 6.07 Å². The minimum Gasteiger partial charge on any atom is -0.508 e. The molecular weight excluding hydrogens is 230 g/mol. The molecule has 0 atom stereocenters. The van der Waals surface area contributed by atoms with Crippen LogP contribution in [0.3, 0.4) is 0 Å². The fourth-order valence-corrected chi connectivity index (χ4v) is 1.48. The molecule has 1 aromatic carbocycles. The fraction of sp³-hybridized carbons (Fsp3) is 0.250. The van der Waals surface area contributed by atoms with Crippen LogP contribution >= 0.6 is 15.9 Å². The van der Waals surface area contributed by atoms with Gasteiger partial charge in [-0.1, -0.05) is 15.9 Å². The monoisotopic (exact) mass is 236 g/mol. The van der Waals surface area contributed by atoms with Crippen molar-refractivity contribution in [2.45, 2.75) is 13.3 Å². The quantitative estimate of drug-likeness (QED) is 0.793. The SMILES string of the molecule is Cc1cc(Br)c(C(F)F)cc1O. The maximum Gasteiger partial charge on any atom is 0.265 e. The van der Waals surface area contributed by atoms with Crippen LogP contribution in [0.1, 0.15) is 17.6 Å². The Labute approximate surface area is 77.2 Å². The molecule has 1 nitrogen and oxygen atoms in total. The van der Waals surface area contributed by atoms with Crippen molar-refractivity contribution in [1.29, 1.82) is 0 Å². The summed E-state index contributed by atoms with van der Waals surface area (Å²) in [5.74, 6) is -0.103. The molecule has 12 heavy (non-hydrogen) atoms. The highest BCUT2D eigenvalue weighted by Crippen LogP contribution is 2.32. The first kappa shape index (κ1) is 9.45. The number of halogens is 3. The molecule has 0 aliphatic carbocycles. The van der Waals surface area contributed by atoms with Gasteiger partial charge in [-0.15, -0.1) is 0 Å². The van der Waals surface area contributed by atoms with Gasteiger partial charge in [0.05, 0.1) is 0 Å². The zero-order chi connectivity index (χ0) is 9.30. The van der Waals surface area contributed by atoms with Crippen LogP contribution in [0.5, 0.6) is 5.75 Å². The molecule has 1 N–H and O–H groups in total. The van der Waals surface area contributed by atoms with Crippen molar-refractivity contribution in [1.82, 2.24) is 0 Å². The first-order valence-electron chi connectivity index (χ1n) is 3.29. The van der Waals surface area contributed by atoms with Crippen molar-refractivity contribution >= 4 is 15.9 Å². The van der Waals surface area contributed by atoms with Crippen molar-refractivity contribution in [3.8, 4) is 5.75 Å². The molecule has 0 bridgehead atoms. The number of alkyl halides is 2. The Morgan fingerprint density at radius 1 is 1.42 bits per heavy atom. The van der Waals surface area contributed by atoms with Crippen molar-refractivity contribution in [2.75, 3.05) is 0 Å². The number of benzene rings is 1. The molecule has 0 amide bonds. The highest BCUT2D eigenvalue weighted by atomic mass is 79.9. The van der Waals surface area contributed by atoms with Gasteiger partial charge in [0.25, 0.3) is 6.43 Å². The maximum atomic E-state index is 12.2. The molecule has 0 fully saturated rings. The molecule has 0 aliphatic heterocycles. The summed E-state index contributed by atoms with van der Waals surface area (Å²) in [7, 11) is 0. The average Bonchev–Trinajstić information content (AvgIpc) is 1.96. The summed E-state index contributed by atoms with van der Waals surface area (Å²) in [6.07, 6.45) is -2.56. The van der Waals surface area contributed by atoms with Crippen LogP contribution in [0.15, 0.2) is 16.6 Å². The van der Waals surface area contributed by atoms with Gasteiger partial charge in [0.1, 0.15) is 5.75 Å². The third-order valence-corrected chi connectivity index (χ3v) is 2.24. The minimum absolute atomic E-state index is 0.103. The van der Waals surface area contributed by atoms with Crippen molar-refractivity contribution in [2.24, 2.45) is 0 Å². The number of rotatable bonds is 1. The highest BCUT2D eigenvalue weighted by molar-refractivity contribution is 9.10. The number of aryl methyl sites for hydroxylation is 1. The maximum absolute atomic E-state index is 12.2. The van der Waals surface area contributed by atoms with E-state index in [4.69, 9.17) is 5.11 Å². The van der Waals surface area contributed by atoms with Gasteiger partial charge in [0.15, 0.2) is 0 Å². The number of hydrogen-bond acceptors (Lipinski definition) is 1. The van der Waals surface area contributed by atoms with Gasteiger partial charge in [0, 0.05) is 10.0 Å². The molecule has 1 aromatic rings. The molecule has 0 radical (unpaired) electrons. The number of phenolic OH excluding ortho intramolecular Hbond substituents is 1. The molecular formula is C8H7BrF2O. The van der Waals surface area contributed by atoms with Gasteiger partial charge >= 0.3 is 0 Å². The zero-order valence-corrected chi connectivity index (χ0v) is 7.90.